The van der Waals surface area contributed by atoms with Crippen molar-refractivity contribution in [1.82, 2.24) is 14.5 Å². The number of hydrogen-bond acceptors (Lipinski definition) is 3. The van der Waals surface area contributed by atoms with Crippen molar-refractivity contribution in [2.45, 2.75) is 26.6 Å². The number of ether oxygens (including phenoxy) is 1. The molecule has 1 aliphatic heterocycles. The first-order valence-corrected chi connectivity index (χ1v) is 7.25. The number of carbonyl (C=O) groups excluding carboxylic acids is 1. The summed E-state index contributed by atoms with van der Waals surface area (Å²) in [5.41, 5.74) is 1.63. The molecule has 0 spiro atoms. The molecule has 5 nitrogen and oxygen atoms in total. The lowest BCUT2D eigenvalue weighted by Gasteiger charge is -2.19. The molecule has 110 valence electrons. The molecule has 0 unspecified atom stereocenters. The molecule has 1 aromatic heterocycles. The summed E-state index contributed by atoms with van der Waals surface area (Å²) < 4.78 is 7.37. The van der Waals surface area contributed by atoms with Crippen LogP contribution in [-0.4, -0.2) is 33.5 Å². The predicted molar refractivity (Wildman–Crippen MR) is 78.7 cm³/mol. The zero-order valence-corrected chi connectivity index (χ0v) is 12.2. The highest BCUT2D eigenvalue weighted by Gasteiger charge is 2.21. The summed E-state index contributed by atoms with van der Waals surface area (Å²) in [5.74, 6) is 0.809. The quantitative estimate of drug-likeness (QED) is 0.864. The molecule has 2 heterocycles. The Labute approximate surface area is 124 Å². The number of hydrogen-bond donors (Lipinski definition) is 0. The van der Waals surface area contributed by atoms with Gasteiger partial charge in [-0.3, -0.25) is 4.79 Å². The molecular formula is C16H19N3O2. The van der Waals surface area contributed by atoms with Crippen molar-refractivity contribution in [2.75, 3.05) is 13.2 Å². The van der Waals surface area contributed by atoms with Gasteiger partial charge in [-0.2, -0.15) is 0 Å². The Morgan fingerprint density at radius 3 is 2.90 bits per heavy atom. The highest BCUT2D eigenvalue weighted by Crippen LogP contribution is 2.13. The van der Waals surface area contributed by atoms with E-state index in [0.717, 1.165) is 17.9 Å². The molecule has 21 heavy (non-hydrogen) atoms. The Bertz CT molecular complexity index is 598. The van der Waals surface area contributed by atoms with Crippen LogP contribution in [0.2, 0.25) is 0 Å². The lowest BCUT2D eigenvalue weighted by molar-refractivity contribution is 0.0746. The Balaban J connectivity index is 1.77. The number of fused-ring (bicyclic) bond motifs is 1. The molecule has 1 amide bonds. The van der Waals surface area contributed by atoms with Crippen molar-refractivity contribution in [2.24, 2.45) is 0 Å². The first kappa shape index (κ1) is 13.8. The molecule has 0 aliphatic carbocycles. The van der Waals surface area contributed by atoms with E-state index in [4.69, 9.17) is 4.74 Å². The minimum Gasteiger partial charge on any atom is -0.372 e. The molecule has 0 saturated carbocycles. The molecule has 0 atom stereocenters. The number of amides is 1. The van der Waals surface area contributed by atoms with E-state index in [2.05, 4.69) is 4.98 Å². The lowest BCUT2D eigenvalue weighted by atomic mass is 10.2. The summed E-state index contributed by atoms with van der Waals surface area (Å²) in [6.07, 6.45) is 1.84. The van der Waals surface area contributed by atoms with Gasteiger partial charge >= 0.3 is 0 Å². The van der Waals surface area contributed by atoms with Gasteiger partial charge in [0.05, 0.1) is 6.61 Å². The van der Waals surface area contributed by atoms with Gasteiger partial charge in [0.2, 0.25) is 0 Å². The van der Waals surface area contributed by atoms with E-state index in [0.29, 0.717) is 32.0 Å². The van der Waals surface area contributed by atoms with Crippen LogP contribution in [0.4, 0.5) is 0 Å². The zero-order valence-electron chi connectivity index (χ0n) is 12.2. The second kappa shape index (κ2) is 6.10. The molecular weight excluding hydrogens is 266 g/mol. The van der Waals surface area contributed by atoms with Crippen molar-refractivity contribution in [3.8, 4) is 0 Å². The second-order valence-corrected chi connectivity index (χ2v) is 5.09. The zero-order chi connectivity index (χ0) is 14.7. The molecule has 2 aromatic rings. The van der Waals surface area contributed by atoms with Gasteiger partial charge in [-0.25, -0.2) is 4.98 Å². The van der Waals surface area contributed by atoms with Crippen molar-refractivity contribution in [3.05, 3.63) is 53.6 Å². The van der Waals surface area contributed by atoms with Crippen LogP contribution in [0.15, 0.2) is 36.5 Å². The lowest BCUT2D eigenvalue weighted by Crippen LogP contribution is -2.30. The van der Waals surface area contributed by atoms with Gasteiger partial charge in [-0.1, -0.05) is 30.3 Å². The normalized spacial score (nSPS) is 13.8. The molecule has 0 radical (unpaired) electrons. The molecule has 1 aliphatic rings. The average Bonchev–Trinajstić information content (AvgIpc) is 2.97. The number of aromatic nitrogens is 2. The summed E-state index contributed by atoms with van der Waals surface area (Å²) in [6, 6.07) is 10.0. The molecule has 3 rings (SSSR count). The summed E-state index contributed by atoms with van der Waals surface area (Å²) in [4.78, 5) is 18.8. The summed E-state index contributed by atoms with van der Waals surface area (Å²) in [7, 11) is 0. The maximum absolute atomic E-state index is 12.6. The largest absolute Gasteiger partial charge is 0.372 e. The Hall–Kier alpha value is -2.14. The van der Waals surface area contributed by atoms with Gasteiger partial charge in [0.15, 0.2) is 0 Å². The van der Waals surface area contributed by atoms with Crippen LogP contribution >= 0.6 is 0 Å². The van der Waals surface area contributed by atoms with Crippen molar-refractivity contribution < 1.29 is 9.53 Å². The third-order valence-corrected chi connectivity index (χ3v) is 3.67. The van der Waals surface area contributed by atoms with E-state index in [1.807, 2.05) is 52.9 Å². The van der Waals surface area contributed by atoms with E-state index in [-0.39, 0.29) is 5.91 Å². The van der Waals surface area contributed by atoms with Crippen LogP contribution < -0.4 is 0 Å². The van der Waals surface area contributed by atoms with E-state index < -0.39 is 0 Å². The summed E-state index contributed by atoms with van der Waals surface area (Å²) in [5, 5.41) is 0. The Morgan fingerprint density at radius 1 is 1.38 bits per heavy atom. The van der Waals surface area contributed by atoms with E-state index >= 15 is 0 Å². The van der Waals surface area contributed by atoms with Gasteiger partial charge in [0.25, 0.3) is 5.91 Å². The van der Waals surface area contributed by atoms with Crippen LogP contribution in [0.3, 0.4) is 0 Å². The third kappa shape index (κ3) is 2.97. The third-order valence-electron chi connectivity index (χ3n) is 3.67. The minimum atomic E-state index is -0.0248. The topological polar surface area (TPSA) is 47.4 Å². The number of benzene rings is 1. The van der Waals surface area contributed by atoms with Crippen LogP contribution in [0.25, 0.3) is 0 Å². The standard InChI is InChI=1S/C16H19N3O2/c1-2-18(10-13-6-4-3-5-7-13)16(20)14-11-19-8-9-21-12-15(19)17-14/h3-7,11H,2,8-10,12H2,1H3. The van der Waals surface area contributed by atoms with Crippen molar-refractivity contribution >= 4 is 5.91 Å². The predicted octanol–water partition coefficient (Wildman–Crippen LogP) is 2.08. The molecule has 1 aromatic carbocycles. The SMILES string of the molecule is CCN(Cc1ccccc1)C(=O)c1cn2c(n1)COCC2. The molecule has 0 saturated heterocycles. The Morgan fingerprint density at radius 2 is 2.19 bits per heavy atom. The number of rotatable bonds is 4. The van der Waals surface area contributed by atoms with Crippen LogP contribution in [-0.2, 0) is 24.4 Å². The number of carbonyl (C=O) groups is 1. The minimum absolute atomic E-state index is 0.0248. The molecule has 5 heteroatoms. The smallest absolute Gasteiger partial charge is 0.274 e. The van der Waals surface area contributed by atoms with Gasteiger partial charge < -0.3 is 14.2 Å². The highest BCUT2D eigenvalue weighted by atomic mass is 16.5. The van der Waals surface area contributed by atoms with Crippen LogP contribution in [0, 0.1) is 0 Å². The van der Waals surface area contributed by atoms with Gasteiger partial charge in [-0.05, 0) is 12.5 Å². The fourth-order valence-electron chi connectivity index (χ4n) is 2.49. The van der Waals surface area contributed by atoms with Gasteiger partial charge in [0.1, 0.15) is 18.1 Å². The van der Waals surface area contributed by atoms with E-state index in [9.17, 15) is 4.79 Å². The van der Waals surface area contributed by atoms with Crippen LogP contribution in [0.1, 0.15) is 28.8 Å². The highest BCUT2D eigenvalue weighted by molar-refractivity contribution is 5.92. The molecule has 0 N–H and O–H groups in total. The fourth-order valence-corrected chi connectivity index (χ4v) is 2.49. The van der Waals surface area contributed by atoms with Gasteiger partial charge in [-0.15, -0.1) is 0 Å². The molecule has 0 bridgehead atoms. The summed E-state index contributed by atoms with van der Waals surface area (Å²) >= 11 is 0. The number of imidazole rings is 1. The van der Waals surface area contributed by atoms with Crippen LogP contribution in [0.5, 0.6) is 0 Å². The van der Waals surface area contributed by atoms with Gasteiger partial charge in [0, 0.05) is 25.8 Å². The van der Waals surface area contributed by atoms with Crippen molar-refractivity contribution in [3.63, 3.8) is 0 Å². The number of nitrogens with zero attached hydrogens (tertiary/aromatic N) is 3. The fraction of sp³-hybridized carbons (Fsp3) is 0.375. The monoisotopic (exact) mass is 285 g/mol. The maximum atomic E-state index is 12.6. The van der Waals surface area contributed by atoms with Crippen molar-refractivity contribution in [1.29, 1.82) is 0 Å². The second-order valence-electron chi connectivity index (χ2n) is 5.09. The first-order chi connectivity index (χ1) is 10.3. The van der Waals surface area contributed by atoms with E-state index in [1.165, 1.54) is 0 Å². The first-order valence-electron chi connectivity index (χ1n) is 7.25. The molecule has 0 fully saturated rings. The summed E-state index contributed by atoms with van der Waals surface area (Å²) in [6.45, 7) is 5.18. The van der Waals surface area contributed by atoms with E-state index in [1.54, 1.807) is 0 Å². The maximum Gasteiger partial charge on any atom is 0.274 e. The average molecular weight is 285 g/mol. The Kier molecular flexibility index (Phi) is 4.01.